The Balaban J connectivity index is 2.80. The first kappa shape index (κ1) is 13.0. The number of hydrogen-bond donors (Lipinski definition) is 1. The highest BCUT2D eigenvalue weighted by atomic mass is 35.5. The lowest BCUT2D eigenvalue weighted by molar-refractivity contribution is -0.136. The minimum absolute atomic E-state index is 0.0380. The summed E-state index contributed by atoms with van der Waals surface area (Å²) >= 11 is 5.91. The third-order valence-corrected chi connectivity index (χ3v) is 2.60. The number of benzene rings is 1. The third kappa shape index (κ3) is 3.22. The predicted octanol–water partition coefficient (Wildman–Crippen LogP) is 2.54. The number of carbonyl (C=O) groups is 1. The zero-order valence-corrected chi connectivity index (χ0v) is 10.4. The Bertz CT molecular complexity index is 391. The summed E-state index contributed by atoms with van der Waals surface area (Å²) in [6.07, 6.45) is 0. The molecule has 0 spiro atoms. The first-order valence-electron chi connectivity index (χ1n) is 5.15. The van der Waals surface area contributed by atoms with Gasteiger partial charge in [-0.15, -0.1) is 0 Å². The van der Waals surface area contributed by atoms with E-state index in [1.54, 1.807) is 12.1 Å². The summed E-state index contributed by atoms with van der Waals surface area (Å²) in [5.41, 5.74) is 6.66. The number of rotatable bonds is 3. The van der Waals surface area contributed by atoms with Crippen molar-refractivity contribution in [2.45, 2.75) is 26.8 Å². The fourth-order valence-corrected chi connectivity index (χ4v) is 1.29. The molecule has 0 radical (unpaired) electrons. The van der Waals surface area contributed by atoms with Crippen LogP contribution in [0, 0.1) is 12.8 Å². The molecule has 16 heavy (non-hydrogen) atoms. The van der Waals surface area contributed by atoms with Gasteiger partial charge in [0.1, 0.15) is 11.8 Å². The average Bonchev–Trinajstić information content (AvgIpc) is 2.22. The summed E-state index contributed by atoms with van der Waals surface area (Å²) < 4.78 is 5.15. The van der Waals surface area contributed by atoms with Gasteiger partial charge in [-0.25, -0.2) is 4.79 Å². The van der Waals surface area contributed by atoms with E-state index in [4.69, 9.17) is 22.1 Å². The predicted molar refractivity (Wildman–Crippen MR) is 64.6 cm³/mol. The molecule has 4 heteroatoms. The van der Waals surface area contributed by atoms with Gasteiger partial charge in [0.05, 0.1) is 5.02 Å². The molecule has 0 saturated carbocycles. The number of nitrogens with two attached hydrogens (primary N) is 1. The van der Waals surface area contributed by atoms with E-state index in [1.165, 1.54) is 0 Å². The molecular formula is C12H16ClNO2. The minimum Gasteiger partial charge on any atom is -0.424 e. The molecule has 0 aliphatic heterocycles. The van der Waals surface area contributed by atoms with E-state index in [0.29, 0.717) is 10.8 Å². The molecule has 0 aliphatic rings. The topological polar surface area (TPSA) is 52.3 Å². The van der Waals surface area contributed by atoms with Crippen LogP contribution in [0.5, 0.6) is 5.75 Å². The number of aryl methyl sites for hydroxylation is 1. The van der Waals surface area contributed by atoms with Gasteiger partial charge < -0.3 is 10.5 Å². The van der Waals surface area contributed by atoms with Gasteiger partial charge in [0.15, 0.2) is 0 Å². The van der Waals surface area contributed by atoms with E-state index in [-0.39, 0.29) is 5.92 Å². The highest BCUT2D eigenvalue weighted by Crippen LogP contribution is 2.25. The van der Waals surface area contributed by atoms with Crippen LogP contribution in [-0.4, -0.2) is 12.0 Å². The second-order valence-corrected chi connectivity index (χ2v) is 4.53. The van der Waals surface area contributed by atoms with Crippen LogP contribution in [0.15, 0.2) is 18.2 Å². The van der Waals surface area contributed by atoms with Gasteiger partial charge in [-0.2, -0.15) is 0 Å². The maximum Gasteiger partial charge on any atom is 0.328 e. The standard InChI is InChI=1S/C12H16ClNO2/c1-7(2)11(14)12(15)16-10-6-8(3)4-5-9(10)13/h4-7,11H,14H2,1-3H3. The highest BCUT2D eigenvalue weighted by molar-refractivity contribution is 6.32. The Morgan fingerprint density at radius 2 is 2.06 bits per heavy atom. The van der Waals surface area contributed by atoms with Crippen molar-refractivity contribution in [1.29, 1.82) is 0 Å². The Hall–Kier alpha value is -1.06. The zero-order valence-electron chi connectivity index (χ0n) is 9.66. The molecule has 0 aromatic heterocycles. The Labute approximate surface area is 101 Å². The number of esters is 1. The van der Waals surface area contributed by atoms with Crippen LogP contribution < -0.4 is 10.5 Å². The number of carbonyl (C=O) groups excluding carboxylic acids is 1. The minimum atomic E-state index is -0.628. The lowest BCUT2D eigenvalue weighted by atomic mass is 10.1. The smallest absolute Gasteiger partial charge is 0.328 e. The first-order valence-corrected chi connectivity index (χ1v) is 5.53. The Morgan fingerprint density at radius 3 is 2.62 bits per heavy atom. The van der Waals surface area contributed by atoms with Crippen LogP contribution in [0.1, 0.15) is 19.4 Å². The normalized spacial score (nSPS) is 12.6. The molecule has 0 saturated heterocycles. The first-order chi connectivity index (χ1) is 7.41. The maximum absolute atomic E-state index is 11.6. The molecule has 0 amide bonds. The molecule has 1 unspecified atom stereocenters. The van der Waals surface area contributed by atoms with Crippen molar-refractivity contribution < 1.29 is 9.53 Å². The summed E-state index contributed by atoms with van der Waals surface area (Å²) in [5.74, 6) is -0.0543. The van der Waals surface area contributed by atoms with Crippen LogP contribution in [0.2, 0.25) is 5.02 Å². The maximum atomic E-state index is 11.6. The SMILES string of the molecule is Cc1ccc(Cl)c(OC(=O)C(N)C(C)C)c1. The quantitative estimate of drug-likeness (QED) is 0.654. The molecule has 0 aliphatic carbocycles. The molecule has 1 aromatic rings. The van der Waals surface area contributed by atoms with E-state index in [0.717, 1.165) is 5.56 Å². The van der Waals surface area contributed by atoms with Gasteiger partial charge in [-0.1, -0.05) is 31.5 Å². The van der Waals surface area contributed by atoms with Crippen molar-refractivity contribution in [3.63, 3.8) is 0 Å². The lowest BCUT2D eigenvalue weighted by Gasteiger charge is -2.15. The van der Waals surface area contributed by atoms with E-state index < -0.39 is 12.0 Å². The monoisotopic (exact) mass is 241 g/mol. The molecule has 2 N–H and O–H groups in total. The lowest BCUT2D eigenvalue weighted by Crippen LogP contribution is -2.38. The third-order valence-electron chi connectivity index (χ3n) is 2.29. The summed E-state index contributed by atoms with van der Waals surface area (Å²) in [6.45, 7) is 5.63. The Kier molecular flexibility index (Phi) is 4.33. The summed E-state index contributed by atoms with van der Waals surface area (Å²) in [5, 5.41) is 0.412. The molecule has 0 bridgehead atoms. The fraction of sp³-hybridized carbons (Fsp3) is 0.417. The van der Waals surface area contributed by atoms with Crippen LogP contribution in [-0.2, 0) is 4.79 Å². The molecule has 1 atom stereocenters. The van der Waals surface area contributed by atoms with Gasteiger partial charge in [0.2, 0.25) is 0 Å². The van der Waals surface area contributed by atoms with Gasteiger partial charge in [0, 0.05) is 0 Å². The van der Waals surface area contributed by atoms with Gasteiger partial charge in [0.25, 0.3) is 0 Å². The van der Waals surface area contributed by atoms with Crippen LogP contribution in [0.3, 0.4) is 0 Å². The Morgan fingerprint density at radius 1 is 1.44 bits per heavy atom. The van der Waals surface area contributed by atoms with Crippen LogP contribution >= 0.6 is 11.6 Å². The van der Waals surface area contributed by atoms with Crippen molar-refractivity contribution in [3.8, 4) is 5.75 Å². The number of halogens is 1. The molecule has 1 rings (SSSR count). The number of ether oxygens (including phenoxy) is 1. The van der Waals surface area contributed by atoms with Crippen molar-refractivity contribution in [1.82, 2.24) is 0 Å². The summed E-state index contributed by atoms with van der Waals surface area (Å²) in [4.78, 5) is 11.6. The average molecular weight is 242 g/mol. The largest absolute Gasteiger partial charge is 0.424 e. The highest BCUT2D eigenvalue weighted by Gasteiger charge is 2.20. The van der Waals surface area contributed by atoms with Gasteiger partial charge >= 0.3 is 5.97 Å². The van der Waals surface area contributed by atoms with E-state index >= 15 is 0 Å². The summed E-state index contributed by atoms with van der Waals surface area (Å²) in [6, 6.07) is 4.63. The van der Waals surface area contributed by atoms with Crippen molar-refractivity contribution >= 4 is 17.6 Å². The second kappa shape index (κ2) is 5.32. The van der Waals surface area contributed by atoms with E-state index in [9.17, 15) is 4.79 Å². The second-order valence-electron chi connectivity index (χ2n) is 4.12. The molecule has 0 fully saturated rings. The number of hydrogen-bond acceptors (Lipinski definition) is 3. The van der Waals surface area contributed by atoms with Crippen LogP contribution in [0.4, 0.5) is 0 Å². The molecule has 1 aromatic carbocycles. The fourth-order valence-electron chi connectivity index (χ4n) is 1.14. The van der Waals surface area contributed by atoms with Crippen molar-refractivity contribution in [3.05, 3.63) is 28.8 Å². The van der Waals surface area contributed by atoms with Gasteiger partial charge in [-0.3, -0.25) is 0 Å². The van der Waals surface area contributed by atoms with Gasteiger partial charge in [-0.05, 0) is 30.5 Å². The van der Waals surface area contributed by atoms with Crippen molar-refractivity contribution in [2.24, 2.45) is 11.7 Å². The van der Waals surface area contributed by atoms with Crippen LogP contribution in [0.25, 0.3) is 0 Å². The van der Waals surface area contributed by atoms with E-state index in [1.807, 2.05) is 26.8 Å². The van der Waals surface area contributed by atoms with E-state index in [2.05, 4.69) is 0 Å². The molecule has 88 valence electrons. The van der Waals surface area contributed by atoms with Crippen molar-refractivity contribution in [2.75, 3.05) is 0 Å². The molecular weight excluding hydrogens is 226 g/mol. The molecule has 3 nitrogen and oxygen atoms in total. The molecule has 0 heterocycles. The zero-order chi connectivity index (χ0) is 12.3. The summed E-state index contributed by atoms with van der Waals surface area (Å²) in [7, 11) is 0.